The van der Waals surface area contributed by atoms with E-state index >= 15 is 0 Å². The quantitative estimate of drug-likeness (QED) is 0.757. The van der Waals surface area contributed by atoms with Crippen LogP contribution in [0.25, 0.3) is 11.0 Å². The van der Waals surface area contributed by atoms with Gasteiger partial charge in [0.2, 0.25) is 0 Å². The van der Waals surface area contributed by atoms with Gasteiger partial charge in [-0.25, -0.2) is 4.98 Å². The summed E-state index contributed by atoms with van der Waals surface area (Å²) in [6, 6.07) is 11.5. The average Bonchev–Trinajstić information content (AvgIpc) is 2.89. The predicted molar refractivity (Wildman–Crippen MR) is 87.7 cm³/mol. The fourth-order valence-electron chi connectivity index (χ4n) is 2.47. The Morgan fingerprint density at radius 1 is 1.22 bits per heavy atom. The van der Waals surface area contributed by atoms with Crippen LogP contribution < -0.4 is 4.74 Å². The molecule has 0 aliphatic carbocycles. The first-order valence-corrected chi connectivity index (χ1v) is 7.40. The molecule has 0 amide bonds. The summed E-state index contributed by atoms with van der Waals surface area (Å²) in [4.78, 5) is 18.4. The van der Waals surface area contributed by atoms with Crippen LogP contribution in [-0.4, -0.2) is 21.0 Å². The van der Waals surface area contributed by atoms with Crippen molar-refractivity contribution in [3.8, 4) is 5.75 Å². The number of rotatable bonds is 5. The van der Waals surface area contributed by atoms with Crippen LogP contribution in [0.2, 0.25) is 0 Å². The first kappa shape index (κ1) is 15.1. The van der Waals surface area contributed by atoms with Gasteiger partial charge in [0.1, 0.15) is 18.2 Å². The van der Waals surface area contributed by atoms with E-state index in [0.29, 0.717) is 12.4 Å². The Labute approximate surface area is 133 Å². The summed E-state index contributed by atoms with van der Waals surface area (Å²) in [5, 5.41) is 8.86. The number of carbonyl (C=O) groups is 1. The first-order chi connectivity index (χ1) is 11.0. The highest BCUT2D eigenvalue weighted by Crippen LogP contribution is 2.21. The van der Waals surface area contributed by atoms with Gasteiger partial charge in [-0.05, 0) is 48.7 Å². The van der Waals surface area contributed by atoms with Gasteiger partial charge in [-0.15, -0.1) is 0 Å². The van der Waals surface area contributed by atoms with Crippen molar-refractivity contribution in [1.82, 2.24) is 9.97 Å². The van der Waals surface area contributed by atoms with Gasteiger partial charge in [-0.1, -0.05) is 18.2 Å². The number of aliphatic carboxylic acids is 1. The summed E-state index contributed by atoms with van der Waals surface area (Å²) >= 11 is 0. The number of aromatic amines is 1. The van der Waals surface area contributed by atoms with Crippen molar-refractivity contribution in [3.63, 3.8) is 0 Å². The van der Waals surface area contributed by atoms with Crippen molar-refractivity contribution in [3.05, 3.63) is 58.9 Å². The molecule has 0 unspecified atom stereocenters. The van der Waals surface area contributed by atoms with E-state index in [4.69, 9.17) is 9.84 Å². The molecular formula is C18H18N2O3. The summed E-state index contributed by atoms with van der Waals surface area (Å²) in [5.74, 6) is 0.716. The smallest absolute Gasteiger partial charge is 0.307 e. The van der Waals surface area contributed by atoms with Gasteiger partial charge in [0.25, 0.3) is 0 Å². The van der Waals surface area contributed by atoms with Gasteiger partial charge in [0.15, 0.2) is 0 Å². The van der Waals surface area contributed by atoms with E-state index in [1.165, 1.54) is 0 Å². The van der Waals surface area contributed by atoms with E-state index in [0.717, 1.165) is 33.5 Å². The number of hydrogen-bond donors (Lipinski definition) is 2. The molecule has 118 valence electrons. The molecule has 3 rings (SSSR count). The van der Waals surface area contributed by atoms with E-state index in [9.17, 15) is 4.79 Å². The largest absolute Gasteiger partial charge is 0.485 e. The number of ether oxygens (including phenoxy) is 1. The lowest BCUT2D eigenvalue weighted by atomic mass is 10.1. The number of H-pyrrole nitrogens is 1. The second-order valence-corrected chi connectivity index (χ2v) is 5.66. The monoisotopic (exact) mass is 310 g/mol. The third-order valence-electron chi connectivity index (χ3n) is 3.66. The van der Waals surface area contributed by atoms with Crippen molar-refractivity contribution < 1.29 is 14.6 Å². The van der Waals surface area contributed by atoms with Gasteiger partial charge in [0, 0.05) is 0 Å². The van der Waals surface area contributed by atoms with Crippen molar-refractivity contribution in [2.45, 2.75) is 26.9 Å². The van der Waals surface area contributed by atoms with E-state index in [2.05, 4.69) is 9.97 Å². The van der Waals surface area contributed by atoms with E-state index in [-0.39, 0.29) is 6.42 Å². The maximum atomic E-state index is 10.8. The number of hydrogen-bond acceptors (Lipinski definition) is 3. The summed E-state index contributed by atoms with van der Waals surface area (Å²) < 4.78 is 5.84. The molecule has 0 saturated carbocycles. The predicted octanol–water partition coefficient (Wildman–Crippen LogP) is 3.39. The molecule has 2 N–H and O–H groups in total. The van der Waals surface area contributed by atoms with Crippen LogP contribution in [0.4, 0.5) is 0 Å². The third-order valence-corrected chi connectivity index (χ3v) is 3.66. The summed E-state index contributed by atoms with van der Waals surface area (Å²) in [6.45, 7) is 4.37. The van der Waals surface area contributed by atoms with Crippen LogP contribution in [0, 0.1) is 13.8 Å². The van der Waals surface area contributed by atoms with Crippen LogP contribution in [0.15, 0.2) is 36.4 Å². The standard InChI is InChI=1S/C18H18N2O3/c1-11-3-4-12(2)16(7-11)23-10-17-19-14-6-5-13(9-18(21)22)8-15(14)20-17/h3-8H,9-10H2,1-2H3,(H,19,20)(H,21,22). The van der Waals surface area contributed by atoms with Crippen molar-refractivity contribution in [1.29, 1.82) is 0 Å². The van der Waals surface area contributed by atoms with Crippen LogP contribution in [0.1, 0.15) is 22.5 Å². The minimum absolute atomic E-state index is 0.00325. The zero-order chi connectivity index (χ0) is 16.4. The van der Waals surface area contributed by atoms with Crippen LogP contribution in [0.5, 0.6) is 5.75 Å². The molecule has 0 atom stereocenters. The molecule has 0 radical (unpaired) electrons. The Bertz CT molecular complexity index is 868. The number of imidazole rings is 1. The number of aryl methyl sites for hydroxylation is 2. The summed E-state index contributed by atoms with van der Waals surface area (Å²) in [7, 11) is 0. The fraction of sp³-hybridized carbons (Fsp3) is 0.222. The number of nitrogens with one attached hydrogen (secondary N) is 1. The van der Waals surface area contributed by atoms with Crippen LogP contribution in [-0.2, 0) is 17.8 Å². The molecule has 0 aliphatic rings. The molecule has 5 nitrogen and oxygen atoms in total. The lowest BCUT2D eigenvalue weighted by molar-refractivity contribution is -0.136. The number of carboxylic acids is 1. The highest BCUT2D eigenvalue weighted by Gasteiger charge is 2.07. The van der Waals surface area contributed by atoms with E-state index < -0.39 is 5.97 Å². The van der Waals surface area contributed by atoms with E-state index in [1.807, 2.05) is 44.2 Å². The molecule has 5 heteroatoms. The van der Waals surface area contributed by atoms with E-state index in [1.54, 1.807) is 6.07 Å². The summed E-state index contributed by atoms with van der Waals surface area (Å²) in [5.41, 5.74) is 4.60. The van der Waals surface area contributed by atoms with Crippen LogP contribution in [0.3, 0.4) is 0 Å². The highest BCUT2D eigenvalue weighted by molar-refractivity contribution is 5.78. The highest BCUT2D eigenvalue weighted by atomic mass is 16.5. The Hall–Kier alpha value is -2.82. The SMILES string of the molecule is Cc1ccc(C)c(OCc2nc3ccc(CC(=O)O)cc3[nH]2)c1. The number of carboxylic acid groups (broad SMARTS) is 1. The van der Waals surface area contributed by atoms with Gasteiger partial charge in [-0.3, -0.25) is 4.79 Å². The molecule has 1 aromatic heterocycles. The Balaban J connectivity index is 1.78. The number of fused-ring (bicyclic) bond motifs is 1. The molecule has 23 heavy (non-hydrogen) atoms. The lowest BCUT2D eigenvalue weighted by Crippen LogP contribution is -1.99. The zero-order valence-electron chi connectivity index (χ0n) is 13.1. The number of benzene rings is 2. The molecular weight excluding hydrogens is 292 g/mol. The second kappa shape index (κ2) is 6.12. The Morgan fingerprint density at radius 2 is 2.04 bits per heavy atom. The maximum absolute atomic E-state index is 10.8. The Kier molecular flexibility index (Phi) is 4.02. The van der Waals surface area contributed by atoms with Crippen molar-refractivity contribution in [2.75, 3.05) is 0 Å². The fourth-order valence-corrected chi connectivity index (χ4v) is 2.47. The minimum Gasteiger partial charge on any atom is -0.485 e. The van der Waals surface area contributed by atoms with Gasteiger partial charge < -0.3 is 14.8 Å². The molecule has 2 aromatic carbocycles. The molecule has 3 aromatic rings. The Morgan fingerprint density at radius 3 is 2.83 bits per heavy atom. The zero-order valence-corrected chi connectivity index (χ0v) is 13.1. The molecule has 0 saturated heterocycles. The molecule has 0 bridgehead atoms. The van der Waals surface area contributed by atoms with Gasteiger partial charge >= 0.3 is 5.97 Å². The second-order valence-electron chi connectivity index (χ2n) is 5.66. The normalized spacial score (nSPS) is 10.9. The topological polar surface area (TPSA) is 75.2 Å². The molecule has 0 fully saturated rings. The third kappa shape index (κ3) is 3.51. The number of aromatic nitrogens is 2. The summed E-state index contributed by atoms with van der Waals surface area (Å²) in [6.07, 6.45) is 0.00325. The van der Waals surface area contributed by atoms with Gasteiger partial charge in [-0.2, -0.15) is 0 Å². The maximum Gasteiger partial charge on any atom is 0.307 e. The average molecular weight is 310 g/mol. The first-order valence-electron chi connectivity index (χ1n) is 7.40. The lowest BCUT2D eigenvalue weighted by Gasteiger charge is -2.08. The van der Waals surface area contributed by atoms with Crippen molar-refractivity contribution in [2.24, 2.45) is 0 Å². The van der Waals surface area contributed by atoms with Crippen LogP contribution >= 0.6 is 0 Å². The molecule has 1 heterocycles. The molecule has 0 spiro atoms. The molecule has 0 aliphatic heterocycles. The van der Waals surface area contributed by atoms with Gasteiger partial charge in [0.05, 0.1) is 17.5 Å². The van der Waals surface area contributed by atoms with Crippen molar-refractivity contribution >= 4 is 17.0 Å². The number of nitrogens with zero attached hydrogens (tertiary/aromatic N) is 1. The minimum atomic E-state index is -0.845.